The van der Waals surface area contributed by atoms with Crippen LogP contribution in [0.1, 0.15) is 17.5 Å². The minimum absolute atomic E-state index is 0.154. The first-order valence-corrected chi connectivity index (χ1v) is 6.68. The third kappa shape index (κ3) is 3.88. The summed E-state index contributed by atoms with van der Waals surface area (Å²) in [7, 11) is 0. The second-order valence-corrected chi connectivity index (χ2v) is 4.57. The fourth-order valence-corrected chi connectivity index (χ4v) is 2.02. The van der Waals surface area contributed by atoms with Gasteiger partial charge in [-0.25, -0.2) is 8.78 Å². The quantitative estimate of drug-likeness (QED) is 0.830. The van der Waals surface area contributed by atoms with Crippen molar-refractivity contribution >= 4 is 11.5 Å². The first kappa shape index (κ1) is 15.6. The maximum Gasteiger partial charge on any atom is 0.307 e. The summed E-state index contributed by atoms with van der Waals surface area (Å²) in [6, 6.07) is 12.1. The van der Waals surface area contributed by atoms with Crippen LogP contribution in [0.3, 0.4) is 0 Å². The number of halogens is 2. The minimum atomic E-state index is -0.969. The molecule has 0 spiro atoms. The molecule has 0 saturated heterocycles. The van der Waals surface area contributed by atoms with Crippen LogP contribution in [0.2, 0.25) is 0 Å². The van der Waals surface area contributed by atoms with E-state index in [0.29, 0.717) is 5.57 Å². The van der Waals surface area contributed by atoms with Crippen LogP contribution in [0, 0.1) is 11.6 Å². The van der Waals surface area contributed by atoms with Gasteiger partial charge in [0.15, 0.2) is 0 Å². The molecule has 1 N–H and O–H groups in total. The molecule has 0 aliphatic rings. The van der Waals surface area contributed by atoms with Gasteiger partial charge in [-0.2, -0.15) is 0 Å². The van der Waals surface area contributed by atoms with Gasteiger partial charge in [0.1, 0.15) is 11.6 Å². The SMILES string of the molecule is O=C(O)C/C=C\C=C(c1ccccc1F)c1ccccc1F. The zero-order valence-electron chi connectivity index (χ0n) is 11.7. The van der Waals surface area contributed by atoms with Crippen molar-refractivity contribution in [2.45, 2.75) is 6.42 Å². The molecule has 2 aromatic carbocycles. The van der Waals surface area contributed by atoms with E-state index in [1.165, 1.54) is 30.4 Å². The number of hydrogen-bond acceptors (Lipinski definition) is 1. The maximum absolute atomic E-state index is 14.0. The number of hydrogen-bond donors (Lipinski definition) is 1. The van der Waals surface area contributed by atoms with Gasteiger partial charge in [0.05, 0.1) is 6.42 Å². The van der Waals surface area contributed by atoms with Crippen LogP contribution in [0.25, 0.3) is 5.57 Å². The second-order valence-electron chi connectivity index (χ2n) is 4.57. The van der Waals surface area contributed by atoms with Crippen molar-refractivity contribution in [2.75, 3.05) is 0 Å². The minimum Gasteiger partial charge on any atom is -0.481 e. The van der Waals surface area contributed by atoms with E-state index in [-0.39, 0.29) is 17.5 Å². The number of carboxylic acids is 1. The monoisotopic (exact) mass is 300 g/mol. The molecule has 0 unspecified atom stereocenters. The summed E-state index contributed by atoms with van der Waals surface area (Å²) in [6.07, 6.45) is 4.27. The van der Waals surface area contributed by atoms with Crippen LogP contribution >= 0.6 is 0 Å². The Morgan fingerprint density at radius 2 is 1.45 bits per heavy atom. The number of rotatable bonds is 5. The molecule has 0 bridgehead atoms. The number of carboxylic acid groups (broad SMARTS) is 1. The molecule has 2 rings (SSSR count). The molecule has 0 aliphatic carbocycles. The number of carbonyl (C=O) groups is 1. The molecular formula is C18H14F2O2. The van der Waals surface area contributed by atoms with Gasteiger partial charge in [-0.3, -0.25) is 4.79 Å². The molecule has 0 heterocycles. The van der Waals surface area contributed by atoms with Crippen LogP contribution in [-0.4, -0.2) is 11.1 Å². The Kier molecular flexibility index (Phi) is 5.20. The summed E-state index contributed by atoms with van der Waals surface area (Å²) in [5, 5.41) is 8.61. The van der Waals surface area contributed by atoms with Gasteiger partial charge >= 0.3 is 5.97 Å². The Morgan fingerprint density at radius 1 is 0.955 bits per heavy atom. The van der Waals surface area contributed by atoms with Crippen molar-refractivity contribution in [2.24, 2.45) is 0 Å². The Bertz CT molecular complexity index is 686. The van der Waals surface area contributed by atoms with Crippen molar-refractivity contribution in [1.29, 1.82) is 0 Å². The van der Waals surface area contributed by atoms with Crippen LogP contribution in [-0.2, 0) is 4.79 Å². The first-order valence-electron chi connectivity index (χ1n) is 6.68. The summed E-state index contributed by atoms with van der Waals surface area (Å²) in [5.41, 5.74) is 0.873. The van der Waals surface area contributed by atoms with E-state index in [0.717, 1.165) is 0 Å². The van der Waals surface area contributed by atoms with Crippen LogP contribution < -0.4 is 0 Å². The largest absolute Gasteiger partial charge is 0.481 e. The van der Waals surface area contributed by atoms with E-state index in [4.69, 9.17) is 5.11 Å². The second kappa shape index (κ2) is 7.31. The number of benzene rings is 2. The highest BCUT2D eigenvalue weighted by atomic mass is 19.1. The lowest BCUT2D eigenvalue weighted by Crippen LogP contribution is -1.95. The first-order chi connectivity index (χ1) is 10.6. The summed E-state index contributed by atoms with van der Waals surface area (Å²) in [6.45, 7) is 0. The molecule has 0 saturated carbocycles. The molecule has 0 amide bonds. The Morgan fingerprint density at radius 3 is 1.91 bits per heavy atom. The van der Waals surface area contributed by atoms with E-state index >= 15 is 0 Å². The van der Waals surface area contributed by atoms with E-state index in [9.17, 15) is 13.6 Å². The highest BCUT2D eigenvalue weighted by Crippen LogP contribution is 2.27. The third-order valence-electron chi connectivity index (χ3n) is 3.02. The van der Waals surface area contributed by atoms with Gasteiger partial charge in [0.25, 0.3) is 0 Å². The molecule has 0 aliphatic heterocycles. The smallest absolute Gasteiger partial charge is 0.307 e. The van der Waals surface area contributed by atoms with Crippen LogP contribution in [0.4, 0.5) is 8.78 Å². The Balaban J connectivity index is 2.48. The highest BCUT2D eigenvalue weighted by Gasteiger charge is 2.12. The van der Waals surface area contributed by atoms with Gasteiger partial charge in [0, 0.05) is 11.1 Å². The molecule has 0 radical (unpaired) electrons. The predicted octanol–water partition coefficient (Wildman–Crippen LogP) is 4.43. The van der Waals surface area contributed by atoms with Crippen LogP contribution in [0.15, 0.2) is 66.8 Å². The number of aliphatic carboxylic acids is 1. The van der Waals surface area contributed by atoms with Crippen molar-refractivity contribution in [3.8, 4) is 0 Å². The molecule has 0 atom stereocenters. The Labute approximate surface area is 127 Å². The molecular weight excluding hydrogens is 286 g/mol. The summed E-state index contributed by atoms with van der Waals surface area (Å²) >= 11 is 0. The van der Waals surface area contributed by atoms with E-state index < -0.39 is 17.6 Å². The summed E-state index contributed by atoms with van der Waals surface area (Å²) in [5.74, 6) is -1.91. The van der Waals surface area contributed by atoms with Crippen LogP contribution in [0.5, 0.6) is 0 Å². The predicted molar refractivity (Wildman–Crippen MR) is 81.3 cm³/mol. The zero-order chi connectivity index (χ0) is 15.9. The van der Waals surface area contributed by atoms with Crippen molar-refractivity contribution < 1.29 is 18.7 Å². The third-order valence-corrected chi connectivity index (χ3v) is 3.02. The average molecular weight is 300 g/mol. The normalized spacial score (nSPS) is 10.6. The summed E-state index contributed by atoms with van der Waals surface area (Å²) in [4.78, 5) is 10.5. The fourth-order valence-electron chi connectivity index (χ4n) is 2.02. The average Bonchev–Trinajstić information content (AvgIpc) is 2.49. The zero-order valence-corrected chi connectivity index (χ0v) is 11.7. The van der Waals surface area contributed by atoms with Gasteiger partial charge in [-0.05, 0) is 17.7 Å². The lowest BCUT2D eigenvalue weighted by Gasteiger charge is -2.10. The molecule has 22 heavy (non-hydrogen) atoms. The number of allylic oxidation sites excluding steroid dienone is 2. The van der Waals surface area contributed by atoms with Gasteiger partial charge in [0.2, 0.25) is 0 Å². The topological polar surface area (TPSA) is 37.3 Å². The highest BCUT2D eigenvalue weighted by molar-refractivity contribution is 5.81. The lowest BCUT2D eigenvalue weighted by atomic mass is 9.96. The van der Waals surface area contributed by atoms with Gasteiger partial charge in [-0.15, -0.1) is 0 Å². The molecule has 0 fully saturated rings. The molecule has 2 aromatic rings. The molecule has 0 aromatic heterocycles. The van der Waals surface area contributed by atoms with Gasteiger partial charge < -0.3 is 5.11 Å². The molecule has 2 nitrogen and oxygen atoms in total. The summed E-state index contributed by atoms with van der Waals surface area (Å²) < 4.78 is 28.0. The van der Waals surface area contributed by atoms with Crippen molar-refractivity contribution in [3.05, 3.63) is 89.5 Å². The van der Waals surface area contributed by atoms with E-state index in [1.54, 1.807) is 36.4 Å². The van der Waals surface area contributed by atoms with Crippen molar-refractivity contribution in [1.82, 2.24) is 0 Å². The van der Waals surface area contributed by atoms with E-state index in [2.05, 4.69) is 0 Å². The molecule has 4 heteroatoms. The van der Waals surface area contributed by atoms with E-state index in [1.807, 2.05) is 0 Å². The van der Waals surface area contributed by atoms with Gasteiger partial charge in [-0.1, -0.05) is 54.6 Å². The molecule has 112 valence electrons. The maximum atomic E-state index is 14.0. The lowest BCUT2D eigenvalue weighted by molar-refractivity contribution is -0.136. The Hall–Kier alpha value is -2.75. The fraction of sp³-hybridized carbons (Fsp3) is 0.0556. The van der Waals surface area contributed by atoms with Crippen molar-refractivity contribution in [3.63, 3.8) is 0 Å². The standard InChI is InChI=1S/C18H14F2O2/c19-16-10-4-1-8-14(16)13(7-3-6-12-18(21)22)15-9-2-5-11-17(15)20/h1-11H,12H2,(H,21,22)/b6-3-.